The minimum absolute atomic E-state index is 0.792. The highest BCUT2D eigenvalue weighted by Gasteiger charge is 2.17. The van der Waals surface area contributed by atoms with Crippen LogP contribution in [0.5, 0.6) is 0 Å². The molecule has 18 heavy (non-hydrogen) atoms. The van der Waals surface area contributed by atoms with Gasteiger partial charge < -0.3 is 0 Å². The molecule has 0 bridgehead atoms. The van der Waals surface area contributed by atoms with Crippen LogP contribution in [0, 0.1) is 0 Å². The number of fused-ring (bicyclic) bond motifs is 2. The predicted molar refractivity (Wildman–Crippen MR) is 81.3 cm³/mol. The number of hydrogen-bond acceptors (Lipinski definition) is 1. The van der Waals surface area contributed by atoms with Crippen molar-refractivity contribution in [1.82, 2.24) is 4.98 Å². The molecule has 0 radical (unpaired) electrons. The number of benzene rings is 1. The molecule has 1 heterocycles. The lowest BCUT2D eigenvalue weighted by Crippen LogP contribution is -1.97. The first kappa shape index (κ1) is 12.6. The van der Waals surface area contributed by atoms with E-state index in [4.69, 9.17) is 11.6 Å². The molecule has 0 amide bonds. The van der Waals surface area contributed by atoms with Crippen LogP contribution in [0.25, 0.3) is 0 Å². The third-order valence-corrected chi connectivity index (χ3v) is 4.65. The van der Waals surface area contributed by atoms with Crippen LogP contribution in [0.4, 0.5) is 0 Å². The smallest absolute Gasteiger partial charge is 0.0480 e. The molecule has 1 aliphatic carbocycles. The summed E-state index contributed by atoms with van der Waals surface area (Å²) >= 11 is 13.2. The van der Waals surface area contributed by atoms with Gasteiger partial charge in [-0.05, 0) is 63.7 Å². The second kappa shape index (κ2) is 4.95. The van der Waals surface area contributed by atoms with Crippen LogP contribution in [0.3, 0.4) is 0 Å². The third kappa shape index (κ3) is 2.36. The Morgan fingerprint density at radius 3 is 2.67 bits per heavy atom. The molecule has 1 aromatic heterocycles. The molecular formula is C14H10Br2ClN. The molecule has 92 valence electrons. The summed E-state index contributed by atoms with van der Waals surface area (Å²) in [5.74, 6) is 0. The summed E-state index contributed by atoms with van der Waals surface area (Å²) in [4.78, 5) is 4.54. The summed E-state index contributed by atoms with van der Waals surface area (Å²) in [5, 5.41) is 0.792. The molecule has 0 fully saturated rings. The fraction of sp³-hybridized carbons (Fsp3) is 0.214. The van der Waals surface area contributed by atoms with Crippen LogP contribution in [0.2, 0.25) is 5.02 Å². The van der Waals surface area contributed by atoms with Gasteiger partial charge in [-0.2, -0.15) is 0 Å². The zero-order chi connectivity index (χ0) is 12.7. The molecular weight excluding hydrogens is 377 g/mol. The molecule has 0 spiro atoms. The minimum Gasteiger partial charge on any atom is -0.259 e. The molecule has 0 saturated carbocycles. The Labute approximate surface area is 128 Å². The Kier molecular flexibility index (Phi) is 3.48. The van der Waals surface area contributed by atoms with Gasteiger partial charge >= 0.3 is 0 Å². The lowest BCUT2D eigenvalue weighted by Gasteiger charge is -2.09. The monoisotopic (exact) mass is 385 g/mol. The average Bonchev–Trinajstić information content (AvgIpc) is 2.49. The van der Waals surface area contributed by atoms with Gasteiger partial charge in [-0.1, -0.05) is 27.5 Å². The predicted octanol–water partition coefficient (Wildman–Crippen LogP) is 4.95. The Balaban J connectivity index is 2.12. The van der Waals surface area contributed by atoms with Crippen LogP contribution in [0.15, 0.2) is 33.3 Å². The van der Waals surface area contributed by atoms with Gasteiger partial charge in [0, 0.05) is 32.3 Å². The number of aryl methyl sites for hydroxylation is 2. The Hall–Kier alpha value is -0.380. The molecule has 4 heteroatoms. The van der Waals surface area contributed by atoms with Crippen molar-refractivity contribution in [2.45, 2.75) is 19.3 Å². The lowest BCUT2D eigenvalue weighted by molar-refractivity contribution is 0.949. The zero-order valence-electron chi connectivity index (χ0n) is 9.51. The van der Waals surface area contributed by atoms with E-state index in [0.717, 1.165) is 33.2 Å². The van der Waals surface area contributed by atoms with E-state index >= 15 is 0 Å². The molecule has 1 aromatic carbocycles. The van der Waals surface area contributed by atoms with Crippen molar-refractivity contribution in [1.29, 1.82) is 0 Å². The topological polar surface area (TPSA) is 12.9 Å². The number of pyridine rings is 1. The first-order chi connectivity index (χ1) is 8.63. The van der Waals surface area contributed by atoms with Crippen LogP contribution in [0.1, 0.15) is 22.4 Å². The fourth-order valence-corrected chi connectivity index (χ4v) is 3.79. The highest BCUT2D eigenvalue weighted by Crippen LogP contribution is 2.32. The Morgan fingerprint density at radius 1 is 1.06 bits per heavy atom. The zero-order valence-corrected chi connectivity index (χ0v) is 13.4. The molecule has 0 saturated heterocycles. The normalized spacial score (nSPS) is 13.7. The lowest BCUT2D eigenvalue weighted by atomic mass is 10.0. The molecule has 1 nitrogen and oxygen atoms in total. The van der Waals surface area contributed by atoms with E-state index in [-0.39, 0.29) is 0 Å². The summed E-state index contributed by atoms with van der Waals surface area (Å²) in [6, 6.07) is 6.20. The van der Waals surface area contributed by atoms with Crippen molar-refractivity contribution in [3.63, 3.8) is 0 Å². The molecule has 2 aromatic rings. The quantitative estimate of drug-likeness (QED) is 0.623. The van der Waals surface area contributed by atoms with Gasteiger partial charge in [-0.25, -0.2) is 0 Å². The van der Waals surface area contributed by atoms with Gasteiger partial charge in [0.25, 0.3) is 0 Å². The SMILES string of the molecule is Clc1cc(Br)c2c(c1)CCc1cc(Br)cnc1C2. The minimum atomic E-state index is 0.792. The Bertz CT molecular complexity index is 625. The molecule has 0 N–H and O–H groups in total. The number of rotatable bonds is 0. The van der Waals surface area contributed by atoms with Crippen molar-refractivity contribution in [2.24, 2.45) is 0 Å². The summed E-state index contributed by atoms with van der Waals surface area (Å²) in [6.45, 7) is 0. The number of hydrogen-bond donors (Lipinski definition) is 0. The highest BCUT2D eigenvalue weighted by atomic mass is 79.9. The van der Waals surface area contributed by atoms with Crippen molar-refractivity contribution < 1.29 is 0 Å². The molecule has 0 atom stereocenters. The van der Waals surface area contributed by atoms with Crippen molar-refractivity contribution in [2.75, 3.05) is 0 Å². The second-order valence-electron chi connectivity index (χ2n) is 4.46. The first-order valence-electron chi connectivity index (χ1n) is 5.73. The van der Waals surface area contributed by atoms with E-state index in [9.17, 15) is 0 Å². The standard InChI is InChI=1S/C14H10Br2ClN/c15-10-3-9-2-1-8-4-11(17)5-13(16)12(8)6-14(9)18-7-10/h3-5,7H,1-2,6H2. The molecule has 3 rings (SSSR count). The third-order valence-electron chi connectivity index (χ3n) is 3.29. The summed E-state index contributed by atoms with van der Waals surface area (Å²) in [6.07, 6.45) is 4.77. The van der Waals surface area contributed by atoms with Gasteiger partial charge in [-0.3, -0.25) is 4.98 Å². The van der Waals surface area contributed by atoms with Crippen LogP contribution in [-0.2, 0) is 19.3 Å². The number of aromatic nitrogens is 1. The van der Waals surface area contributed by atoms with E-state index in [1.165, 1.54) is 22.4 Å². The van der Waals surface area contributed by atoms with Gasteiger partial charge in [0.1, 0.15) is 0 Å². The van der Waals surface area contributed by atoms with Gasteiger partial charge in [-0.15, -0.1) is 0 Å². The fourth-order valence-electron chi connectivity index (χ4n) is 2.40. The number of nitrogens with zero attached hydrogens (tertiary/aromatic N) is 1. The van der Waals surface area contributed by atoms with E-state index in [2.05, 4.69) is 49.0 Å². The average molecular weight is 388 g/mol. The second-order valence-corrected chi connectivity index (χ2v) is 6.67. The molecule has 0 unspecified atom stereocenters. The van der Waals surface area contributed by atoms with E-state index in [1.807, 2.05) is 12.3 Å². The largest absolute Gasteiger partial charge is 0.259 e. The van der Waals surface area contributed by atoms with Crippen LogP contribution < -0.4 is 0 Å². The van der Waals surface area contributed by atoms with Crippen LogP contribution in [-0.4, -0.2) is 4.98 Å². The summed E-state index contributed by atoms with van der Waals surface area (Å²) in [5.41, 5.74) is 5.13. The van der Waals surface area contributed by atoms with Gasteiger partial charge in [0.05, 0.1) is 0 Å². The van der Waals surface area contributed by atoms with Crippen LogP contribution >= 0.6 is 43.5 Å². The number of halogens is 3. The summed E-state index contributed by atoms with van der Waals surface area (Å²) < 4.78 is 2.13. The van der Waals surface area contributed by atoms with Crippen molar-refractivity contribution in [3.8, 4) is 0 Å². The maximum atomic E-state index is 6.12. The van der Waals surface area contributed by atoms with E-state index < -0.39 is 0 Å². The van der Waals surface area contributed by atoms with E-state index in [0.29, 0.717) is 0 Å². The maximum Gasteiger partial charge on any atom is 0.0480 e. The first-order valence-corrected chi connectivity index (χ1v) is 7.70. The Morgan fingerprint density at radius 2 is 1.83 bits per heavy atom. The van der Waals surface area contributed by atoms with Gasteiger partial charge in [0.15, 0.2) is 0 Å². The van der Waals surface area contributed by atoms with Crippen molar-refractivity contribution in [3.05, 3.63) is 60.7 Å². The summed E-state index contributed by atoms with van der Waals surface area (Å²) in [7, 11) is 0. The van der Waals surface area contributed by atoms with Gasteiger partial charge in [0.2, 0.25) is 0 Å². The van der Waals surface area contributed by atoms with E-state index in [1.54, 1.807) is 0 Å². The van der Waals surface area contributed by atoms with Crippen molar-refractivity contribution >= 4 is 43.5 Å². The highest BCUT2D eigenvalue weighted by molar-refractivity contribution is 9.10. The molecule has 0 aliphatic heterocycles. The maximum absolute atomic E-state index is 6.12. The molecule has 1 aliphatic rings.